The van der Waals surface area contributed by atoms with Gasteiger partial charge in [0.25, 0.3) is 0 Å². The molecule has 2 aliphatic rings. The third kappa shape index (κ3) is 2.48. The van der Waals surface area contributed by atoms with Crippen LogP contribution >= 0.6 is 12.4 Å². The minimum Gasteiger partial charge on any atom is -0.368 e. The topological polar surface area (TPSA) is 32.5 Å². The lowest BCUT2D eigenvalue weighted by Crippen LogP contribution is -2.50. The molecule has 0 bridgehead atoms. The monoisotopic (exact) mass is 267 g/mol. The average molecular weight is 268 g/mol. The van der Waals surface area contributed by atoms with Gasteiger partial charge in [0, 0.05) is 37.9 Å². The Kier molecular flexibility index (Phi) is 4.49. The highest BCUT2D eigenvalue weighted by Crippen LogP contribution is 2.27. The Balaban J connectivity index is 0.00000120. The maximum Gasteiger partial charge on any atom is 0.0412 e. The van der Waals surface area contributed by atoms with Gasteiger partial charge in [-0.3, -0.25) is 4.90 Å². The minimum absolute atomic E-state index is 0. The molecule has 0 saturated carbocycles. The molecule has 0 radical (unpaired) electrons. The van der Waals surface area contributed by atoms with Gasteiger partial charge in [-0.05, 0) is 31.0 Å². The van der Waals surface area contributed by atoms with Gasteiger partial charge in [-0.1, -0.05) is 18.2 Å². The Morgan fingerprint density at radius 1 is 1.17 bits per heavy atom. The molecule has 2 N–H and O–H groups in total. The van der Waals surface area contributed by atoms with Crippen LogP contribution in [0.2, 0.25) is 0 Å². The van der Waals surface area contributed by atoms with Gasteiger partial charge >= 0.3 is 0 Å². The average Bonchev–Trinajstić information content (AvgIpc) is 2.85. The quantitative estimate of drug-likeness (QED) is 0.888. The van der Waals surface area contributed by atoms with E-state index >= 15 is 0 Å². The van der Waals surface area contributed by atoms with Gasteiger partial charge in [-0.2, -0.15) is 0 Å². The first-order valence-electron chi connectivity index (χ1n) is 6.65. The van der Waals surface area contributed by atoms with Crippen molar-refractivity contribution in [3.63, 3.8) is 0 Å². The first-order valence-corrected chi connectivity index (χ1v) is 6.65. The molecule has 1 aromatic rings. The highest BCUT2D eigenvalue weighted by atomic mass is 35.5. The van der Waals surface area contributed by atoms with E-state index in [0.717, 1.165) is 12.6 Å². The summed E-state index contributed by atoms with van der Waals surface area (Å²) in [6.45, 7) is 5.48. The summed E-state index contributed by atoms with van der Waals surface area (Å²) in [5.41, 5.74) is 8.45. The number of rotatable bonds is 2. The van der Waals surface area contributed by atoms with Gasteiger partial charge < -0.3 is 10.6 Å². The number of nitrogens with zero attached hydrogens (tertiary/aromatic N) is 2. The van der Waals surface area contributed by atoms with Crippen LogP contribution in [0.15, 0.2) is 24.3 Å². The molecule has 0 amide bonds. The summed E-state index contributed by atoms with van der Waals surface area (Å²) in [6, 6.07) is 9.34. The molecular formula is C14H22ClN3. The van der Waals surface area contributed by atoms with Crippen LogP contribution in [-0.4, -0.2) is 37.1 Å². The van der Waals surface area contributed by atoms with Gasteiger partial charge in [0.15, 0.2) is 0 Å². The second kappa shape index (κ2) is 5.91. The van der Waals surface area contributed by atoms with E-state index < -0.39 is 0 Å². The van der Waals surface area contributed by atoms with Crippen molar-refractivity contribution >= 4 is 18.1 Å². The summed E-state index contributed by atoms with van der Waals surface area (Å²) >= 11 is 0. The highest BCUT2D eigenvalue weighted by molar-refractivity contribution is 5.85. The lowest BCUT2D eigenvalue weighted by Gasteiger charge is -2.39. The lowest BCUT2D eigenvalue weighted by molar-refractivity contribution is 0.231. The van der Waals surface area contributed by atoms with Crippen LogP contribution in [-0.2, 0) is 6.54 Å². The molecule has 2 aliphatic heterocycles. The predicted octanol–water partition coefficient (Wildman–Crippen LogP) is 1.85. The van der Waals surface area contributed by atoms with Crippen molar-refractivity contribution in [3.8, 4) is 0 Å². The summed E-state index contributed by atoms with van der Waals surface area (Å²) in [5.74, 6) is 0. The maximum atomic E-state index is 5.83. The zero-order valence-electron chi connectivity index (χ0n) is 10.7. The molecule has 0 aromatic heterocycles. The molecule has 2 saturated heterocycles. The molecule has 1 atom stereocenters. The van der Waals surface area contributed by atoms with Crippen LogP contribution in [0, 0.1) is 0 Å². The number of benzene rings is 1. The van der Waals surface area contributed by atoms with Gasteiger partial charge in [0.2, 0.25) is 0 Å². The molecule has 4 heteroatoms. The van der Waals surface area contributed by atoms with Crippen molar-refractivity contribution in [2.45, 2.75) is 25.4 Å². The second-order valence-electron chi connectivity index (χ2n) is 5.11. The number of piperazine rings is 1. The molecule has 3 nitrogen and oxygen atoms in total. The molecule has 18 heavy (non-hydrogen) atoms. The van der Waals surface area contributed by atoms with E-state index in [1.165, 1.54) is 43.7 Å². The summed E-state index contributed by atoms with van der Waals surface area (Å²) in [5, 5.41) is 0. The fraction of sp³-hybridized carbons (Fsp3) is 0.571. The van der Waals surface area contributed by atoms with Crippen molar-refractivity contribution in [3.05, 3.63) is 29.8 Å². The number of anilines is 1. The van der Waals surface area contributed by atoms with Crippen LogP contribution in [0.3, 0.4) is 0 Å². The lowest BCUT2D eigenvalue weighted by atomic mass is 10.1. The third-order valence-electron chi connectivity index (χ3n) is 4.14. The van der Waals surface area contributed by atoms with E-state index in [0.29, 0.717) is 6.54 Å². The van der Waals surface area contributed by atoms with Gasteiger partial charge in [-0.15, -0.1) is 12.4 Å². The Morgan fingerprint density at radius 3 is 2.83 bits per heavy atom. The molecule has 1 unspecified atom stereocenters. The van der Waals surface area contributed by atoms with Crippen molar-refractivity contribution < 1.29 is 0 Å². The molecule has 1 aromatic carbocycles. The Labute approximate surface area is 115 Å². The van der Waals surface area contributed by atoms with E-state index in [2.05, 4.69) is 34.1 Å². The van der Waals surface area contributed by atoms with E-state index in [-0.39, 0.29) is 12.4 Å². The van der Waals surface area contributed by atoms with E-state index in [1.807, 2.05) is 0 Å². The van der Waals surface area contributed by atoms with E-state index in [4.69, 9.17) is 5.73 Å². The first-order chi connectivity index (χ1) is 8.38. The molecule has 100 valence electrons. The van der Waals surface area contributed by atoms with Crippen molar-refractivity contribution in [1.82, 2.24) is 4.90 Å². The summed E-state index contributed by atoms with van der Waals surface area (Å²) < 4.78 is 0. The summed E-state index contributed by atoms with van der Waals surface area (Å²) in [4.78, 5) is 5.16. The number of nitrogens with two attached hydrogens (primary N) is 1. The van der Waals surface area contributed by atoms with Gasteiger partial charge in [0.05, 0.1) is 0 Å². The number of hydrogen-bond donors (Lipinski definition) is 1. The number of fused-ring (bicyclic) bond motifs is 1. The summed E-state index contributed by atoms with van der Waals surface area (Å²) in [7, 11) is 0. The SMILES string of the molecule is Cl.NCc1ccccc1N1CCN2CCCC2C1. The van der Waals surface area contributed by atoms with Gasteiger partial charge in [0.1, 0.15) is 0 Å². The molecule has 2 heterocycles. The Hall–Kier alpha value is -0.770. The van der Waals surface area contributed by atoms with Crippen molar-refractivity contribution in [2.75, 3.05) is 31.1 Å². The number of para-hydroxylation sites is 1. The minimum atomic E-state index is 0. The first kappa shape index (κ1) is 13.7. The zero-order chi connectivity index (χ0) is 11.7. The molecular weight excluding hydrogens is 246 g/mol. The summed E-state index contributed by atoms with van der Waals surface area (Å²) in [6.07, 6.45) is 2.73. The highest BCUT2D eigenvalue weighted by Gasteiger charge is 2.30. The van der Waals surface area contributed by atoms with Crippen LogP contribution in [0.4, 0.5) is 5.69 Å². The number of halogens is 1. The smallest absolute Gasteiger partial charge is 0.0412 e. The van der Waals surface area contributed by atoms with Crippen LogP contribution in [0.1, 0.15) is 18.4 Å². The zero-order valence-corrected chi connectivity index (χ0v) is 11.5. The van der Waals surface area contributed by atoms with Crippen LogP contribution in [0.5, 0.6) is 0 Å². The second-order valence-corrected chi connectivity index (χ2v) is 5.11. The normalized spacial score (nSPS) is 23.6. The van der Waals surface area contributed by atoms with E-state index in [9.17, 15) is 0 Å². The molecule has 0 aliphatic carbocycles. The largest absolute Gasteiger partial charge is 0.368 e. The van der Waals surface area contributed by atoms with Crippen molar-refractivity contribution in [2.24, 2.45) is 5.73 Å². The van der Waals surface area contributed by atoms with Crippen LogP contribution in [0.25, 0.3) is 0 Å². The molecule has 2 fully saturated rings. The predicted molar refractivity (Wildman–Crippen MR) is 78.4 cm³/mol. The Bertz CT molecular complexity index is 396. The van der Waals surface area contributed by atoms with Crippen molar-refractivity contribution in [1.29, 1.82) is 0 Å². The molecule has 3 rings (SSSR count). The van der Waals surface area contributed by atoms with Gasteiger partial charge in [-0.25, -0.2) is 0 Å². The fourth-order valence-corrected chi connectivity index (χ4v) is 3.20. The third-order valence-corrected chi connectivity index (χ3v) is 4.14. The number of hydrogen-bond acceptors (Lipinski definition) is 3. The maximum absolute atomic E-state index is 5.83. The van der Waals surface area contributed by atoms with Crippen LogP contribution < -0.4 is 10.6 Å². The fourth-order valence-electron chi connectivity index (χ4n) is 3.20. The molecule has 0 spiro atoms. The Morgan fingerprint density at radius 2 is 2.00 bits per heavy atom. The standard InChI is InChI=1S/C14H21N3.ClH/c15-10-12-4-1-2-6-14(12)17-9-8-16-7-3-5-13(16)11-17;/h1-2,4,6,13H,3,5,7-11,15H2;1H. The van der Waals surface area contributed by atoms with E-state index in [1.54, 1.807) is 0 Å².